The first-order valence-corrected chi connectivity index (χ1v) is 12.3. The third-order valence-electron chi connectivity index (χ3n) is 7.29. The van der Waals surface area contributed by atoms with E-state index in [-0.39, 0.29) is 18.5 Å². The van der Waals surface area contributed by atoms with Crippen molar-refractivity contribution in [2.75, 3.05) is 31.1 Å². The molecule has 0 spiro atoms. The molecule has 35 heavy (non-hydrogen) atoms. The third-order valence-corrected chi connectivity index (χ3v) is 7.29. The molecule has 1 fully saturated rings. The van der Waals surface area contributed by atoms with Gasteiger partial charge in [0, 0.05) is 62.1 Å². The Hall–Kier alpha value is -3.42. The Balaban J connectivity index is 1.30. The van der Waals surface area contributed by atoms with E-state index >= 15 is 0 Å². The maximum absolute atomic E-state index is 13.5. The summed E-state index contributed by atoms with van der Waals surface area (Å²) in [5, 5.41) is 12.7. The summed E-state index contributed by atoms with van der Waals surface area (Å²) in [7, 11) is 0. The summed E-state index contributed by atoms with van der Waals surface area (Å²) in [6.07, 6.45) is 7.16. The number of fused-ring (bicyclic) bond motifs is 5. The summed E-state index contributed by atoms with van der Waals surface area (Å²) in [6, 6.07) is 15.7. The van der Waals surface area contributed by atoms with E-state index in [4.69, 9.17) is 0 Å². The minimum atomic E-state index is -0.227. The van der Waals surface area contributed by atoms with Gasteiger partial charge in [-0.1, -0.05) is 12.1 Å². The molecule has 180 valence electrons. The van der Waals surface area contributed by atoms with E-state index in [2.05, 4.69) is 54.8 Å². The van der Waals surface area contributed by atoms with Crippen molar-refractivity contribution < 1.29 is 9.50 Å². The molecular weight excluding hydrogens is 441 g/mol. The predicted octanol–water partition coefficient (Wildman–Crippen LogP) is 4.31. The highest BCUT2D eigenvalue weighted by Gasteiger charge is 2.25. The molecule has 2 atom stereocenters. The molecule has 2 aliphatic rings. The van der Waals surface area contributed by atoms with Crippen LogP contribution in [-0.2, 0) is 6.54 Å². The molecule has 2 aromatic heterocycles. The van der Waals surface area contributed by atoms with Crippen LogP contribution in [0, 0.1) is 11.7 Å². The Bertz CT molecular complexity index is 1340. The number of anilines is 1. The van der Waals surface area contributed by atoms with E-state index in [1.807, 2.05) is 31.5 Å². The summed E-state index contributed by atoms with van der Waals surface area (Å²) in [4.78, 5) is 7.15. The lowest BCUT2D eigenvalue weighted by Crippen LogP contribution is -2.34. The number of hydrogen-bond donors (Lipinski definition) is 2. The van der Waals surface area contributed by atoms with Gasteiger partial charge in [-0.15, -0.1) is 0 Å². The molecule has 4 heterocycles. The van der Waals surface area contributed by atoms with Gasteiger partial charge in [-0.2, -0.15) is 0 Å². The Morgan fingerprint density at radius 2 is 2.00 bits per heavy atom. The Morgan fingerprint density at radius 1 is 1.14 bits per heavy atom. The lowest BCUT2D eigenvalue weighted by atomic mass is 10.1. The van der Waals surface area contributed by atoms with Gasteiger partial charge >= 0.3 is 0 Å². The second-order valence-electron chi connectivity index (χ2n) is 9.78. The molecule has 2 N–H and O–H groups in total. The average molecular weight is 472 g/mol. The maximum atomic E-state index is 13.5. The first-order valence-electron chi connectivity index (χ1n) is 12.3. The van der Waals surface area contributed by atoms with E-state index in [9.17, 15) is 9.50 Å². The number of nitrogens with one attached hydrogen (secondary N) is 1. The van der Waals surface area contributed by atoms with Crippen LogP contribution in [0.2, 0.25) is 0 Å². The summed E-state index contributed by atoms with van der Waals surface area (Å²) < 4.78 is 17.9. The number of hydrogen-bond acceptors (Lipinski definition) is 4. The predicted molar refractivity (Wildman–Crippen MR) is 136 cm³/mol. The highest BCUT2D eigenvalue weighted by molar-refractivity contribution is 5.72. The van der Waals surface area contributed by atoms with Crippen molar-refractivity contribution in [2.24, 2.45) is 5.92 Å². The van der Waals surface area contributed by atoms with Crippen molar-refractivity contribution in [2.45, 2.75) is 25.9 Å². The lowest BCUT2D eigenvalue weighted by Gasteiger charge is -2.21. The van der Waals surface area contributed by atoms with Crippen LogP contribution in [0.4, 0.5) is 10.1 Å². The van der Waals surface area contributed by atoms with E-state index in [0.29, 0.717) is 5.92 Å². The molecule has 4 aromatic rings. The van der Waals surface area contributed by atoms with Gasteiger partial charge in [-0.25, -0.2) is 9.37 Å². The van der Waals surface area contributed by atoms with Crippen molar-refractivity contribution in [1.82, 2.24) is 19.4 Å². The van der Waals surface area contributed by atoms with Crippen LogP contribution in [-0.4, -0.2) is 51.5 Å². The van der Waals surface area contributed by atoms with Crippen molar-refractivity contribution in [1.29, 1.82) is 0 Å². The monoisotopic (exact) mass is 471 g/mol. The molecule has 6 rings (SSSR count). The van der Waals surface area contributed by atoms with Crippen LogP contribution in [0.25, 0.3) is 28.3 Å². The zero-order valence-corrected chi connectivity index (χ0v) is 19.9. The van der Waals surface area contributed by atoms with Gasteiger partial charge in [0.05, 0.1) is 18.0 Å². The number of nitrogens with zero attached hydrogens (tertiary/aromatic N) is 4. The molecule has 2 aliphatic heterocycles. The molecule has 0 aliphatic carbocycles. The van der Waals surface area contributed by atoms with Gasteiger partial charge in [0.15, 0.2) is 5.82 Å². The molecule has 0 saturated carbocycles. The minimum Gasteiger partial charge on any atom is -0.395 e. The van der Waals surface area contributed by atoms with Crippen molar-refractivity contribution in [3.05, 3.63) is 78.5 Å². The van der Waals surface area contributed by atoms with Crippen molar-refractivity contribution >= 4 is 5.69 Å². The number of halogens is 1. The van der Waals surface area contributed by atoms with Gasteiger partial charge in [0.25, 0.3) is 0 Å². The standard InChI is InChI=1S/C28H30FN5O/c1-19(18-35)31-14-20-8-10-32(15-20)25-6-7-26-23(12-25)17-33-16-22(21-2-4-24(29)5-3-21)13-27(33)28-30-9-11-34(26)28/h2-7,9,11-13,16,19-20,31,35H,8,10,14-15,17-18H2,1H3/t19-,20-/m1/s1. The smallest absolute Gasteiger partial charge is 0.161 e. The highest BCUT2D eigenvalue weighted by Crippen LogP contribution is 2.36. The molecule has 0 amide bonds. The van der Waals surface area contributed by atoms with Gasteiger partial charge in [-0.3, -0.25) is 4.57 Å². The van der Waals surface area contributed by atoms with Gasteiger partial charge in [0.2, 0.25) is 0 Å². The number of benzene rings is 2. The quantitative estimate of drug-likeness (QED) is 0.388. The van der Waals surface area contributed by atoms with Crippen molar-refractivity contribution in [3.8, 4) is 28.3 Å². The van der Waals surface area contributed by atoms with Crippen molar-refractivity contribution in [3.63, 3.8) is 0 Å². The molecule has 1 saturated heterocycles. The summed E-state index contributed by atoms with van der Waals surface area (Å²) in [6.45, 7) is 5.92. The highest BCUT2D eigenvalue weighted by atomic mass is 19.1. The van der Waals surface area contributed by atoms with E-state index < -0.39 is 0 Å². The van der Waals surface area contributed by atoms with Crippen LogP contribution >= 0.6 is 0 Å². The lowest BCUT2D eigenvalue weighted by molar-refractivity contribution is 0.247. The fraction of sp³-hybridized carbons (Fsp3) is 0.321. The minimum absolute atomic E-state index is 0.136. The van der Waals surface area contributed by atoms with Gasteiger partial charge < -0.3 is 19.9 Å². The largest absolute Gasteiger partial charge is 0.395 e. The number of aliphatic hydroxyl groups is 1. The van der Waals surface area contributed by atoms with Gasteiger partial charge in [0.1, 0.15) is 5.82 Å². The second-order valence-corrected chi connectivity index (χ2v) is 9.78. The zero-order valence-electron chi connectivity index (χ0n) is 19.9. The fourth-order valence-electron chi connectivity index (χ4n) is 5.30. The summed E-state index contributed by atoms with van der Waals surface area (Å²) in [5.74, 6) is 1.27. The molecule has 6 nitrogen and oxygen atoms in total. The number of rotatable bonds is 6. The molecule has 0 unspecified atom stereocenters. The summed E-state index contributed by atoms with van der Waals surface area (Å²) >= 11 is 0. The van der Waals surface area contributed by atoms with Gasteiger partial charge in [-0.05, 0) is 66.8 Å². The fourth-order valence-corrected chi connectivity index (χ4v) is 5.30. The van der Waals surface area contributed by atoms with Crippen LogP contribution in [0.3, 0.4) is 0 Å². The molecule has 7 heteroatoms. The van der Waals surface area contributed by atoms with Crippen LogP contribution < -0.4 is 10.2 Å². The van der Waals surface area contributed by atoms with Crippen LogP contribution in [0.1, 0.15) is 18.9 Å². The first-order chi connectivity index (χ1) is 17.1. The maximum Gasteiger partial charge on any atom is 0.161 e. The van der Waals surface area contributed by atoms with Crippen LogP contribution in [0.15, 0.2) is 67.1 Å². The summed E-state index contributed by atoms with van der Waals surface area (Å²) in [5.41, 5.74) is 6.75. The van der Waals surface area contributed by atoms with E-state index in [1.54, 1.807) is 0 Å². The number of imidazole rings is 1. The third kappa shape index (κ3) is 4.15. The number of aromatic nitrogens is 3. The van der Waals surface area contributed by atoms with Crippen LogP contribution in [0.5, 0.6) is 0 Å². The zero-order chi connectivity index (χ0) is 23.9. The number of aliphatic hydroxyl groups excluding tert-OH is 1. The normalized spacial score (nSPS) is 17.6. The second kappa shape index (κ2) is 8.98. The van der Waals surface area contributed by atoms with E-state index in [1.165, 1.54) is 23.4 Å². The first kappa shape index (κ1) is 22.1. The topological polar surface area (TPSA) is 58.2 Å². The Kier molecular flexibility index (Phi) is 5.66. The van der Waals surface area contributed by atoms with E-state index in [0.717, 1.165) is 60.9 Å². The Morgan fingerprint density at radius 3 is 2.83 bits per heavy atom. The molecule has 0 bridgehead atoms. The SMILES string of the molecule is C[C@H](CO)NC[C@H]1CCN(c2ccc3c(c2)Cn2cc(-c4ccc(F)cc4)cc2-c2nccn2-3)C1. The average Bonchev–Trinajstić information content (AvgIpc) is 3.62. The molecular formula is C28H30FN5O. The molecule has 2 aromatic carbocycles. The Labute approximate surface area is 204 Å². The molecule has 0 radical (unpaired) electrons.